The molecule has 0 amide bonds. The highest BCUT2D eigenvalue weighted by atomic mass is 31.2. The van der Waals surface area contributed by atoms with Gasteiger partial charge in [-0.3, -0.25) is 9.56 Å². The zero-order chi connectivity index (χ0) is 23.1. The number of hydrogen-bond acceptors (Lipinski definition) is 5. The van der Waals surface area contributed by atoms with E-state index in [1.54, 1.807) is 6.21 Å². The fourth-order valence-corrected chi connectivity index (χ4v) is 3.75. The SMILES string of the molecule is N=CCC=Nc1cc(CNCCCP(=O)(O)O)ccc1OCCCCCc1ccccc1. The minimum absolute atomic E-state index is 0.114. The van der Waals surface area contributed by atoms with Crippen molar-refractivity contribution in [3.63, 3.8) is 0 Å². The molecule has 0 atom stereocenters. The van der Waals surface area contributed by atoms with Crippen LogP contribution in [0.2, 0.25) is 0 Å². The van der Waals surface area contributed by atoms with Crippen molar-refractivity contribution >= 4 is 25.7 Å². The number of aryl methyl sites for hydroxylation is 1. The van der Waals surface area contributed by atoms with Crippen LogP contribution in [0.25, 0.3) is 0 Å². The number of aliphatic imine (C=N–C) groups is 1. The minimum atomic E-state index is -3.94. The minimum Gasteiger partial charge on any atom is -0.491 e. The molecule has 32 heavy (non-hydrogen) atoms. The highest BCUT2D eigenvalue weighted by Gasteiger charge is 2.11. The molecule has 0 saturated heterocycles. The maximum Gasteiger partial charge on any atom is 0.325 e. The van der Waals surface area contributed by atoms with Gasteiger partial charge in [0.15, 0.2) is 0 Å². The Labute approximate surface area is 190 Å². The maximum absolute atomic E-state index is 10.9. The van der Waals surface area contributed by atoms with Gasteiger partial charge in [0.1, 0.15) is 11.4 Å². The number of hydrogen-bond donors (Lipinski definition) is 4. The molecular formula is C24H34N3O4P. The molecule has 0 heterocycles. The van der Waals surface area contributed by atoms with E-state index >= 15 is 0 Å². The summed E-state index contributed by atoms with van der Waals surface area (Å²) in [5, 5.41) is 10.4. The van der Waals surface area contributed by atoms with Crippen LogP contribution in [0.5, 0.6) is 5.75 Å². The van der Waals surface area contributed by atoms with Gasteiger partial charge in [0.2, 0.25) is 0 Å². The number of benzene rings is 2. The number of nitrogens with zero attached hydrogens (tertiary/aromatic N) is 1. The summed E-state index contributed by atoms with van der Waals surface area (Å²) in [6.07, 6.45) is 8.02. The first-order chi connectivity index (χ1) is 15.5. The van der Waals surface area contributed by atoms with Gasteiger partial charge in [0.05, 0.1) is 12.8 Å². The predicted octanol–water partition coefficient (Wildman–Crippen LogP) is 4.88. The molecule has 0 aliphatic carbocycles. The summed E-state index contributed by atoms with van der Waals surface area (Å²) in [7, 11) is -3.94. The lowest BCUT2D eigenvalue weighted by Gasteiger charge is -2.12. The van der Waals surface area contributed by atoms with Crippen LogP contribution in [0.15, 0.2) is 53.5 Å². The van der Waals surface area contributed by atoms with Crippen LogP contribution < -0.4 is 10.1 Å². The second kappa shape index (κ2) is 14.7. The topological polar surface area (TPSA) is 115 Å². The third-order valence-electron chi connectivity index (χ3n) is 4.82. The summed E-state index contributed by atoms with van der Waals surface area (Å²) in [5.41, 5.74) is 3.10. The average Bonchev–Trinajstić information content (AvgIpc) is 2.77. The van der Waals surface area contributed by atoms with Gasteiger partial charge in [-0.15, -0.1) is 0 Å². The third-order valence-corrected chi connectivity index (χ3v) is 5.72. The van der Waals surface area contributed by atoms with E-state index in [-0.39, 0.29) is 6.16 Å². The second-order valence-electron chi connectivity index (χ2n) is 7.62. The normalized spacial score (nSPS) is 11.7. The number of rotatable bonds is 16. The van der Waals surface area contributed by atoms with Crippen LogP contribution in [0.1, 0.15) is 43.2 Å². The first-order valence-electron chi connectivity index (χ1n) is 11.0. The van der Waals surface area contributed by atoms with Crippen LogP contribution in [0, 0.1) is 5.41 Å². The van der Waals surface area contributed by atoms with Crippen LogP contribution in [0.4, 0.5) is 5.69 Å². The van der Waals surface area contributed by atoms with Crippen molar-refractivity contribution in [1.82, 2.24) is 5.32 Å². The van der Waals surface area contributed by atoms with Gasteiger partial charge in [0.25, 0.3) is 0 Å². The van der Waals surface area contributed by atoms with Gasteiger partial charge in [-0.25, -0.2) is 0 Å². The Bertz CT molecular complexity index is 884. The number of nitrogens with one attached hydrogen (secondary N) is 2. The fourth-order valence-electron chi connectivity index (χ4n) is 3.18. The Morgan fingerprint density at radius 3 is 2.59 bits per heavy atom. The highest BCUT2D eigenvalue weighted by Crippen LogP contribution is 2.34. The van der Waals surface area contributed by atoms with E-state index in [4.69, 9.17) is 19.9 Å². The Balaban J connectivity index is 1.80. The molecule has 0 aliphatic heterocycles. The molecule has 0 spiro atoms. The summed E-state index contributed by atoms with van der Waals surface area (Å²) in [6.45, 7) is 1.73. The van der Waals surface area contributed by atoms with Crippen LogP contribution in [-0.2, 0) is 17.5 Å². The van der Waals surface area contributed by atoms with Crippen molar-refractivity contribution < 1.29 is 19.1 Å². The van der Waals surface area contributed by atoms with Crippen LogP contribution >= 0.6 is 7.60 Å². The van der Waals surface area contributed by atoms with Crippen molar-refractivity contribution in [3.05, 3.63) is 59.7 Å². The van der Waals surface area contributed by atoms with Crippen molar-refractivity contribution in [2.75, 3.05) is 19.3 Å². The van der Waals surface area contributed by atoms with E-state index < -0.39 is 7.60 Å². The monoisotopic (exact) mass is 459 g/mol. The van der Waals surface area contributed by atoms with E-state index in [9.17, 15) is 4.57 Å². The van der Waals surface area contributed by atoms with E-state index in [2.05, 4.69) is 34.6 Å². The third kappa shape index (κ3) is 11.3. The van der Waals surface area contributed by atoms with Gasteiger partial charge in [-0.2, -0.15) is 0 Å². The molecule has 8 heteroatoms. The molecule has 0 radical (unpaired) electrons. The van der Waals surface area contributed by atoms with Gasteiger partial charge < -0.3 is 25.2 Å². The van der Waals surface area contributed by atoms with Crippen molar-refractivity contribution in [2.24, 2.45) is 4.99 Å². The number of unbranched alkanes of at least 4 members (excludes halogenated alkanes) is 2. The summed E-state index contributed by atoms with van der Waals surface area (Å²) in [6, 6.07) is 16.3. The van der Waals surface area contributed by atoms with E-state index in [0.29, 0.717) is 32.5 Å². The molecule has 0 fully saturated rings. The molecule has 2 aromatic rings. The molecule has 0 aliphatic rings. The highest BCUT2D eigenvalue weighted by molar-refractivity contribution is 7.51. The van der Waals surface area contributed by atoms with Gasteiger partial charge in [-0.05, 0) is 61.9 Å². The maximum atomic E-state index is 10.9. The van der Waals surface area contributed by atoms with Gasteiger partial charge in [-0.1, -0.05) is 36.4 Å². The fraction of sp³-hybridized carbons (Fsp3) is 0.417. The summed E-state index contributed by atoms with van der Waals surface area (Å²) < 4.78 is 16.9. The zero-order valence-corrected chi connectivity index (χ0v) is 19.3. The molecule has 2 aromatic carbocycles. The lowest BCUT2D eigenvalue weighted by molar-refractivity contribution is 0.306. The average molecular weight is 460 g/mol. The van der Waals surface area contributed by atoms with Gasteiger partial charge >= 0.3 is 7.60 Å². The Morgan fingerprint density at radius 2 is 1.84 bits per heavy atom. The van der Waals surface area contributed by atoms with E-state index in [1.807, 2.05) is 24.3 Å². The molecule has 0 unspecified atom stereocenters. The number of ether oxygens (including phenoxy) is 1. The lowest BCUT2D eigenvalue weighted by Crippen LogP contribution is -2.15. The zero-order valence-electron chi connectivity index (χ0n) is 18.4. The first-order valence-corrected chi connectivity index (χ1v) is 12.8. The Kier molecular flexibility index (Phi) is 11.9. The van der Waals surface area contributed by atoms with Crippen molar-refractivity contribution in [2.45, 2.75) is 45.1 Å². The van der Waals surface area contributed by atoms with Crippen LogP contribution in [0.3, 0.4) is 0 Å². The molecule has 2 rings (SSSR count). The van der Waals surface area contributed by atoms with Gasteiger partial charge in [0, 0.05) is 25.4 Å². The lowest BCUT2D eigenvalue weighted by atomic mass is 10.1. The standard InChI is InChI=1S/C24H34N3O4P/c25-14-7-16-27-23-19-22(20-26-15-8-18-32(28,29)30)12-13-24(23)31-17-6-2-5-11-21-9-3-1-4-10-21/h1,3-4,9-10,12-14,16,19,25-26H,2,5-8,11,15,17-18,20H2,(H2,28,29,30). The summed E-state index contributed by atoms with van der Waals surface area (Å²) >= 11 is 0. The largest absolute Gasteiger partial charge is 0.491 e. The molecule has 0 bridgehead atoms. The molecule has 0 saturated carbocycles. The van der Waals surface area contributed by atoms with E-state index in [0.717, 1.165) is 42.7 Å². The molecular weight excluding hydrogens is 425 g/mol. The molecule has 4 N–H and O–H groups in total. The van der Waals surface area contributed by atoms with Crippen LogP contribution in [-0.4, -0.2) is 41.5 Å². The summed E-state index contributed by atoms with van der Waals surface area (Å²) in [4.78, 5) is 22.3. The summed E-state index contributed by atoms with van der Waals surface area (Å²) in [5.74, 6) is 0.722. The van der Waals surface area contributed by atoms with Crippen molar-refractivity contribution in [1.29, 1.82) is 5.41 Å². The molecule has 0 aromatic heterocycles. The van der Waals surface area contributed by atoms with E-state index in [1.165, 1.54) is 11.8 Å². The Hall–Kier alpha value is -2.31. The molecule has 7 nitrogen and oxygen atoms in total. The predicted molar refractivity (Wildman–Crippen MR) is 131 cm³/mol. The second-order valence-corrected chi connectivity index (χ2v) is 9.39. The smallest absolute Gasteiger partial charge is 0.325 e. The van der Waals surface area contributed by atoms with Crippen molar-refractivity contribution in [3.8, 4) is 5.75 Å². The first kappa shape index (κ1) is 25.9. The quantitative estimate of drug-likeness (QED) is 0.162. The Morgan fingerprint density at radius 1 is 1.03 bits per heavy atom. The molecule has 174 valence electrons.